The van der Waals surface area contributed by atoms with Gasteiger partial charge in [-0.05, 0) is 67.6 Å². The Morgan fingerprint density at radius 1 is 1.00 bits per heavy atom. The zero-order valence-electron chi connectivity index (χ0n) is 15.4. The molecule has 0 saturated heterocycles. The van der Waals surface area contributed by atoms with Gasteiger partial charge in [-0.3, -0.25) is 9.52 Å². The van der Waals surface area contributed by atoms with Crippen molar-refractivity contribution in [3.05, 3.63) is 99.8 Å². The zero-order chi connectivity index (χ0) is 21.0. The molecule has 3 aromatic carbocycles. The van der Waals surface area contributed by atoms with Crippen LogP contribution in [0.1, 0.15) is 21.5 Å². The minimum absolute atomic E-state index is 0.155. The Morgan fingerprint density at radius 2 is 1.66 bits per heavy atom. The quantitative estimate of drug-likeness (QED) is 0.374. The molecular weight excluding hydrogens is 457 g/mol. The first kappa shape index (κ1) is 21.0. The van der Waals surface area contributed by atoms with E-state index in [9.17, 15) is 17.6 Å². The van der Waals surface area contributed by atoms with Crippen LogP contribution in [0.4, 0.5) is 10.1 Å². The molecule has 0 amide bonds. The average molecular weight is 474 g/mol. The van der Waals surface area contributed by atoms with Gasteiger partial charge in [-0.15, -0.1) is 0 Å². The summed E-state index contributed by atoms with van der Waals surface area (Å²) < 4.78 is 41.7. The molecule has 148 valence electrons. The van der Waals surface area contributed by atoms with E-state index in [1.165, 1.54) is 54.6 Å². The van der Waals surface area contributed by atoms with Crippen molar-refractivity contribution in [1.82, 2.24) is 0 Å². The Bertz CT molecular complexity index is 1170. The smallest absolute Gasteiger partial charge is 0.261 e. The number of halogens is 2. The molecule has 0 saturated carbocycles. The Kier molecular flexibility index (Phi) is 6.30. The summed E-state index contributed by atoms with van der Waals surface area (Å²) in [4.78, 5) is 12.4. The minimum Gasteiger partial charge on any atom is -0.289 e. The van der Waals surface area contributed by atoms with E-state index in [0.717, 1.165) is 5.56 Å². The number of ketones is 1. The topological polar surface area (TPSA) is 63.2 Å². The van der Waals surface area contributed by atoms with Gasteiger partial charge in [0.1, 0.15) is 5.82 Å². The van der Waals surface area contributed by atoms with Gasteiger partial charge in [-0.2, -0.15) is 0 Å². The second-order valence-corrected chi connectivity index (χ2v) is 8.96. The second kappa shape index (κ2) is 8.71. The van der Waals surface area contributed by atoms with E-state index in [1.807, 2.05) is 6.92 Å². The number of carbonyl (C=O) groups excluding carboxylic acids is 1. The van der Waals surface area contributed by atoms with Crippen LogP contribution in [0.15, 0.2) is 82.2 Å². The van der Waals surface area contributed by atoms with Crippen LogP contribution >= 0.6 is 15.9 Å². The molecule has 29 heavy (non-hydrogen) atoms. The van der Waals surface area contributed by atoms with Crippen molar-refractivity contribution in [2.24, 2.45) is 0 Å². The predicted octanol–water partition coefficient (Wildman–Crippen LogP) is 5.59. The van der Waals surface area contributed by atoms with Crippen LogP contribution in [0.25, 0.3) is 6.08 Å². The van der Waals surface area contributed by atoms with Crippen LogP contribution in [-0.4, -0.2) is 14.2 Å². The maximum atomic E-state index is 13.8. The largest absolute Gasteiger partial charge is 0.289 e. The summed E-state index contributed by atoms with van der Waals surface area (Å²) >= 11 is 3.18. The van der Waals surface area contributed by atoms with Gasteiger partial charge in [-0.25, -0.2) is 12.8 Å². The van der Waals surface area contributed by atoms with E-state index in [4.69, 9.17) is 0 Å². The molecule has 0 atom stereocenters. The van der Waals surface area contributed by atoms with Gasteiger partial charge >= 0.3 is 0 Å². The lowest BCUT2D eigenvalue weighted by atomic mass is 10.1. The molecule has 0 aliphatic heterocycles. The molecule has 3 aromatic rings. The highest BCUT2D eigenvalue weighted by Crippen LogP contribution is 2.19. The summed E-state index contributed by atoms with van der Waals surface area (Å²) in [5, 5.41) is 0. The molecule has 4 nitrogen and oxygen atoms in total. The maximum absolute atomic E-state index is 13.8. The highest BCUT2D eigenvalue weighted by molar-refractivity contribution is 9.10. The van der Waals surface area contributed by atoms with Gasteiger partial charge in [0.15, 0.2) is 5.78 Å². The molecule has 7 heteroatoms. The average Bonchev–Trinajstić information content (AvgIpc) is 2.68. The zero-order valence-corrected chi connectivity index (χ0v) is 17.8. The van der Waals surface area contributed by atoms with E-state index in [1.54, 1.807) is 24.3 Å². The standard InChI is InChI=1S/C22H17BrFNO3S/c1-15-2-11-20(12-3-15)29(27,28)25-19-9-5-17(6-10-19)22(26)13-7-16-4-8-18(23)14-21(16)24/h2-14,25H,1H3/b13-7+. The van der Waals surface area contributed by atoms with Crippen molar-refractivity contribution in [2.75, 3.05) is 4.72 Å². The fraction of sp³-hybridized carbons (Fsp3) is 0.0455. The summed E-state index contributed by atoms with van der Waals surface area (Å²) in [5.74, 6) is -0.760. The Labute approximate surface area is 177 Å². The summed E-state index contributed by atoms with van der Waals surface area (Å²) in [6.07, 6.45) is 2.68. The molecule has 0 spiro atoms. The van der Waals surface area contributed by atoms with Gasteiger partial charge in [0.05, 0.1) is 4.90 Å². The molecular formula is C22H17BrFNO3S. The number of sulfonamides is 1. The number of benzene rings is 3. The fourth-order valence-electron chi connectivity index (χ4n) is 2.53. The van der Waals surface area contributed by atoms with Crippen molar-refractivity contribution in [3.63, 3.8) is 0 Å². The predicted molar refractivity (Wildman–Crippen MR) is 116 cm³/mol. The highest BCUT2D eigenvalue weighted by atomic mass is 79.9. The number of aryl methyl sites for hydroxylation is 1. The van der Waals surface area contributed by atoms with Crippen LogP contribution in [-0.2, 0) is 10.0 Å². The molecule has 3 rings (SSSR count). The van der Waals surface area contributed by atoms with Crippen molar-refractivity contribution < 1.29 is 17.6 Å². The van der Waals surface area contributed by atoms with Crippen LogP contribution in [0, 0.1) is 12.7 Å². The Morgan fingerprint density at radius 3 is 2.28 bits per heavy atom. The van der Waals surface area contributed by atoms with E-state index >= 15 is 0 Å². The SMILES string of the molecule is Cc1ccc(S(=O)(=O)Nc2ccc(C(=O)/C=C/c3ccc(Br)cc3F)cc2)cc1. The third-order valence-electron chi connectivity index (χ3n) is 4.13. The Balaban J connectivity index is 1.71. The highest BCUT2D eigenvalue weighted by Gasteiger charge is 2.14. The number of anilines is 1. The lowest BCUT2D eigenvalue weighted by Gasteiger charge is -2.08. The van der Waals surface area contributed by atoms with Gasteiger partial charge in [0.2, 0.25) is 0 Å². The van der Waals surface area contributed by atoms with E-state index < -0.39 is 15.8 Å². The normalized spacial score (nSPS) is 11.6. The molecule has 0 heterocycles. The van der Waals surface area contributed by atoms with Crippen LogP contribution in [0.5, 0.6) is 0 Å². The number of nitrogens with one attached hydrogen (secondary N) is 1. The molecule has 0 unspecified atom stereocenters. The summed E-state index contributed by atoms with van der Waals surface area (Å²) in [6.45, 7) is 1.87. The molecule has 0 fully saturated rings. The summed E-state index contributed by atoms with van der Waals surface area (Å²) in [7, 11) is -3.71. The summed E-state index contributed by atoms with van der Waals surface area (Å²) in [6, 6.07) is 17.1. The molecule has 1 N–H and O–H groups in total. The molecule has 0 aliphatic rings. The van der Waals surface area contributed by atoms with Crippen LogP contribution in [0.2, 0.25) is 0 Å². The lowest BCUT2D eigenvalue weighted by molar-refractivity contribution is 0.104. The minimum atomic E-state index is -3.71. The van der Waals surface area contributed by atoms with Crippen molar-refractivity contribution in [1.29, 1.82) is 0 Å². The molecule has 0 bridgehead atoms. The maximum Gasteiger partial charge on any atom is 0.261 e. The Hall–Kier alpha value is -2.77. The van der Waals surface area contributed by atoms with Gasteiger partial charge in [0.25, 0.3) is 10.0 Å². The van der Waals surface area contributed by atoms with E-state index in [2.05, 4.69) is 20.7 Å². The molecule has 0 radical (unpaired) electrons. The number of allylic oxidation sites excluding steroid dienone is 1. The number of rotatable bonds is 6. The van der Waals surface area contributed by atoms with Crippen LogP contribution < -0.4 is 4.72 Å². The summed E-state index contributed by atoms with van der Waals surface area (Å²) in [5.41, 5.74) is 1.95. The van der Waals surface area contributed by atoms with Crippen LogP contribution in [0.3, 0.4) is 0 Å². The van der Waals surface area contributed by atoms with Crippen molar-refractivity contribution in [2.45, 2.75) is 11.8 Å². The monoisotopic (exact) mass is 473 g/mol. The first-order valence-corrected chi connectivity index (χ1v) is 10.9. The third-order valence-corrected chi connectivity index (χ3v) is 6.02. The molecule has 0 aliphatic carbocycles. The number of hydrogen-bond acceptors (Lipinski definition) is 3. The van der Waals surface area contributed by atoms with Crippen molar-refractivity contribution in [3.8, 4) is 0 Å². The van der Waals surface area contributed by atoms with E-state index in [-0.39, 0.29) is 10.7 Å². The number of carbonyl (C=O) groups is 1. The van der Waals surface area contributed by atoms with E-state index in [0.29, 0.717) is 21.3 Å². The third kappa shape index (κ3) is 5.40. The lowest BCUT2D eigenvalue weighted by Crippen LogP contribution is -2.13. The fourth-order valence-corrected chi connectivity index (χ4v) is 3.92. The van der Waals surface area contributed by atoms with Gasteiger partial charge < -0.3 is 0 Å². The number of hydrogen-bond donors (Lipinski definition) is 1. The van der Waals surface area contributed by atoms with Gasteiger partial charge in [0, 0.05) is 21.3 Å². The molecule has 0 aromatic heterocycles. The van der Waals surface area contributed by atoms with Gasteiger partial charge in [-0.1, -0.05) is 39.7 Å². The first-order valence-electron chi connectivity index (χ1n) is 8.62. The first-order chi connectivity index (χ1) is 13.7. The van der Waals surface area contributed by atoms with Crippen molar-refractivity contribution >= 4 is 43.5 Å². The second-order valence-electron chi connectivity index (χ2n) is 6.36.